The normalized spacial score (nSPS) is 11.8. The van der Waals surface area contributed by atoms with Crippen LogP contribution in [-0.2, 0) is 4.79 Å². The van der Waals surface area contributed by atoms with Crippen LogP contribution in [0.4, 0.5) is 15.6 Å². The van der Waals surface area contributed by atoms with Crippen molar-refractivity contribution in [3.63, 3.8) is 0 Å². The van der Waals surface area contributed by atoms with E-state index in [0.717, 1.165) is 11.3 Å². The molecule has 0 radical (unpaired) electrons. The molecule has 0 saturated heterocycles. The van der Waals surface area contributed by atoms with E-state index in [2.05, 4.69) is 15.5 Å². The third kappa shape index (κ3) is 5.08. The molecule has 0 fully saturated rings. The number of aromatic nitrogens is 2. The number of benzene rings is 1. The fourth-order valence-corrected chi connectivity index (χ4v) is 3.63. The van der Waals surface area contributed by atoms with Crippen molar-refractivity contribution in [2.45, 2.75) is 23.4 Å². The van der Waals surface area contributed by atoms with Crippen LogP contribution in [0.25, 0.3) is 0 Å². The number of carbonyl (C=O) groups excluding carboxylic acids is 2. The summed E-state index contributed by atoms with van der Waals surface area (Å²) in [6.07, 6.45) is 0. The zero-order valence-electron chi connectivity index (χ0n) is 12.3. The van der Waals surface area contributed by atoms with Gasteiger partial charge in [0.05, 0.1) is 5.25 Å². The molecule has 0 unspecified atom stereocenters. The van der Waals surface area contributed by atoms with E-state index >= 15 is 0 Å². The molecule has 0 aliphatic carbocycles. The monoisotopic (exact) mass is 371 g/mol. The maximum atomic E-state index is 11.6. The molecule has 3 amide bonds. The lowest BCUT2D eigenvalue weighted by atomic mass is 10.2. The molecule has 10 heteroatoms. The summed E-state index contributed by atoms with van der Waals surface area (Å²) in [4.78, 5) is 22.3. The van der Waals surface area contributed by atoms with E-state index in [4.69, 9.17) is 17.3 Å². The summed E-state index contributed by atoms with van der Waals surface area (Å²) in [5, 5.41) is 13.8. The Labute approximate surface area is 146 Å². The number of nitrogens with two attached hydrogens (primary N) is 1. The van der Waals surface area contributed by atoms with Gasteiger partial charge in [0, 0.05) is 10.7 Å². The first kappa shape index (κ1) is 17.5. The Bertz CT molecular complexity index is 737. The van der Waals surface area contributed by atoms with E-state index in [-0.39, 0.29) is 0 Å². The SMILES string of the molecule is Cc1ccc(Nc2nnc(S[C@H](C)C(=O)NC(N)=O)s2)cc1Cl. The number of nitrogens with one attached hydrogen (secondary N) is 2. The van der Waals surface area contributed by atoms with Gasteiger partial charge in [-0.15, -0.1) is 10.2 Å². The smallest absolute Gasteiger partial charge is 0.318 e. The van der Waals surface area contributed by atoms with E-state index < -0.39 is 17.2 Å². The molecule has 2 rings (SSSR count). The van der Waals surface area contributed by atoms with Crippen LogP contribution >= 0.6 is 34.7 Å². The lowest BCUT2D eigenvalue weighted by Crippen LogP contribution is -2.39. The molecule has 4 N–H and O–H groups in total. The number of anilines is 2. The molecule has 2 aromatic rings. The summed E-state index contributed by atoms with van der Waals surface area (Å²) in [5.74, 6) is -0.475. The highest BCUT2D eigenvalue weighted by Gasteiger charge is 2.18. The van der Waals surface area contributed by atoms with Gasteiger partial charge in [-0.2, -0.15) is 0 Å². The number of rotatable bonds is 5. The molecule has 23 heavy (non-hydrogen) atoms. The predicted octanol–water partition coefficient (Wildman–Crippen LogP) is 2.92. The largest absolute Gasteiger partial charge is 0.351 e. The van der Waals surface area contributed by atoms with Crippen molar-refractivity contribution in [2.75, 3.05) is 5.32 Å². The van der Waals surface area contributed by atoms with Crippen LogP contribution in [0, 0.1) is 6.92 Å². The van der Waals surface area contributed by atoms with E-state index in [9.17, 15) is 9.59 Å². The Balaban J connectivity index is 1.98. The van der Waals surface area contributed by atoms with Gasteiger partial charge in [0.1, 0.15) is 0 Å². The summed E-state index contributed by atoms with van der Waals surface area (Å²) in [5.41, 5.74) is 6.70. The van der Waals surface area contributed by atoms with Gasteiger partial charge < -0.3 is 11.1 Å². The Morgan fingerprint density at radius 2 is 2.13 bits per heavy atom. The number of halogens is 1. The Hall–Kier alpha value is -1.84. The third-order valence-electron chi connectivity index (χ3n) is 2.72. The Kier molecular flexibility index (Phi) is 5.80. The van der Waals surface area contributed by atoms with Gasteiger partial charge >= 0.3 is 6.03 Å². The van der Waals surface area contributed by atoms with Crippen LogP contribution in [0.2, 0.25) is 5.02 Å². The Morgan fingerprint density at radius 3 is 2.78 bits per heavy atom. The second kappa shape index (κ2) is 7.62. The number of aryl methyl sites for hydroxylation is 1. The summed E-state index contributed by atoms with van der Waals surface area (Å²) < 4.78 is 0.595. The van der Waals surface area contributed by atoms with Gasteiger partial charge in [0.25, 0.3) is 0 Å². The molecular formula is C13H14ClN5O2S2. The summed E-state index contributed by atoms with van der Waals surface area (Å²) in [6.45, 7) is 3.57. The molecular weight excluding hydrogens is 358 g/mol. The summed E-state index contributed by atoms with van der Waals surface area (Å²) >= 11 is 8.55. The van der Waals surface area contributed by atoms with Crippen molar-refractivity contribution in [2.24, 2.45) is 5.73 Å². The molecule has 0 spiro atoms. The Morgan fingerprint density at radius 1 is 1.39 bits per heavy atom. The second-order valence-corrected chi connectivity index (χ2v) is 7.55. The van der Waals surface area contributed by atoms with Crippen LogP contribution in [-0.4, -0.2) is 27.4 Å². The number of nitrogens with zero attached hydrogens (tertiary/aromatic N) is 2. The first-order valence-corrected chi connectivity index (χ1v) is 8.56. The first-order valence-electron chi connectivity index (χ1n) is 6.49. The molecule has 0 bridgehead atoms. The average Bonchev–Trinajstić information content (AvgIpc) is 2.89. The lowest BCUT2D eigenvalue weighted by Gasteiger charge is -2.06. The average molecular weight is 372 g/mol. The minimum absolute atomic E-state index is 0.475. The molecule has 122 valence electrons. The zero-order valence-corrected chi connectivity index (χ0v) is 14.7. The minimum atomic E-state index is -0.877. The number of primary amides is 1. The number of urea groups is 1. The first-order chi connectivity index (χ1) is 10.8. The molecule has 1 heterocycles. The van der Waals surface area contributed by atoms with Crippen LogP contribution < -0.4 is 16.4 Å². The van der Waals surface area contributed by atoms with E-state index in [1.165, 1.54) is 23.1 Å². The van der Waals surface area contributed by atoms with Gasteiger partial charge in [0.15, 0.2) is 4.34 Å². The molecule has 0 saturated carbocycles. The molecule has 0 aliphatic heterocycles. The molecule has 1 aromatic carbocycles. The molecule has 1 atom stereocenters. The van der Waals surface area contributed by atoms with E-state index in [1.807, 2.05) is 24.4 Å². The number of thioether (sulfide) groups is 1. The highest BCUT2D eigenvalue weighted by atomic mass is 35.5. The maximum absolute atomic E-state index is 11.6. The number of imide groups is 1. The van der Waals surface area contributed by atoms with Gasteiger partial charge in [-0.1, -0.05) is 40.8 Å². The summed E-state index contributed by atoms with van der Waals surface area (Å²) in [6, 6.07) is 4.71. The van der Waals surface area contributed by atoms with Crippen molar-refractivity contribution >= 4 is 57.5 Å². The molecule has 0 aliphatic rings. The van der Waals surface area contributed by atoms with Crippen LogP contribution in [0.1, 0.15) is 12.5 Å². The number of hydrogen-bond donors (Lipinski definition) is 3. The zero-order chi connectivity index (χ0) is 17.0. The van der Waals surface area contributed by atoms with Gasteiger partial charge in [0.2, 0.25) is 11.0 Å². The molecule has 7 nitrogen and oxygen atoms in total. The van der Waals surface area contributed by atoms with Crippen LogP contribution in [0.15, 0.2) is 22.5 Å². The van der Waals surface area contributed by atoms with Gasteiger partial charge in [-0.3, -0.25) is 10.1 Å². The number of carbonyl (C=O) groups is 2. The fraction of sp³-hybridized carbons (Fsp3) is 0.231. The quantitative estimate of drug-likeness (QED) is 0.697. The van der Waals surface area contributed by atoms with Crippen molar-refractivity contribution in [1.82, 2.24) is 15.5 Å². The second-order valence-electron chi connectivity index (χ2n) is 4.58. The predicted molar refractivity (Wildman–Crippen MR) is 92.4 cm³/mol. The summed E-state index contributed by atoms with van der Waals surface area (Å²) in [7, 11) is 0. The number of amides is 3. The van der Waals surface area contributed by atoms with Crippen molar-refractivity contribution in [3.05, 3.63) is 28.8 Å². The molecule has 1 aromatic heterocycles. The van der Waals surface area contributed by atoms with Crippen LogP contribution in [0.3, 0.4) is 0 Å². The maximum Gasteiger partial charge on any atom is 0.318 e. The highest BCUT2D eigenvalue weighted by molar-refractivity contribution is 8.02. The lowest BCUT2D eigenvalue weighted by molar-refractivity contribution is -0.119. The van der Waals surface area contributed by atoms with E-state index in [1.54, 1.807) is 13.0 Å². The standard InChI is InChI=1S/C13H14ClN5O2S2/c1-6-3-4-8(5-9(6)14)16-12-18-19-13(23-12)22-7(2)10(20)17-11(15)21/h3-5,7H,1-2H3,(H,16,18)(H3,15,17,20,21)/t7-/m1/s1. The van der Waals surface area contributed by atoms with Crippen LogP contribution in [0.5, 0.6) is 0 Å². The fourth-order valence-electron chi connectivity index (χ4n) is 1.53. The van der Waals surface area contributed by atoms with Gasteiger partial charge in [-0.25, -0.2) is 4.79 Å². The van der Waals surface area contributed by atoms with Crippen molar-refractivity contribution in [3.8, 4) is 0 Å². The van der Waals surface area contributed by atoms with E-state index in [0.29, 0.717) is 14.5 Å². The van der Waals surface area contributed by atoms with Crippen molar-refractivity contribution < 1.29 is 9.59 Å². The van der Waals surface area contributed by atoms with Crippen molar-refractivity contribution in [1.29, 1.82) is 0 Å². The highest BCUT2D eigenvalue weighted by Crippen LogP contribution is 2.31. The topological polar surface area (TPSA) is 110 Å². The number of hydrogen-bond acceptors (Lipinski definition) is 7. The minimum Gasteiger partial charge on any atom is -0.351 e. The third-order valence-corrected chi connectivity index (χ3v) is 5.15. The van der Waals surface area contributed by atoms with Gasteiger partial charge in [-0.05, 0) is 31.5 Å².